The molecule has 0 aliphatic rings. The molecule has 0 aliphatic heterocycles. The van der Waals surface area contributed by atoms with E-state index >= 15 is 0 Å². The molecular formula is C14H12Br2FNO2S. The van der Waals surface area contributed by atoms with Crippen LogP contribution in [0, 0.1) is 12.7 Å². The fraction of sp³-hybridized carbons (Fsp3) is 0.143. The molecule has 2 aromatic rings. The molecule has 0 heterocycles. The molecule has 0 fully saturated rings. The van der Waals surface area contributed by atoms with E-state index in [2.05, 4.69) is 36.6 Å². The Balaban J connectivity index is 2.19. The van der Waals surface area contributed by atoms with Gasteiger partial charge in [0.2, 0.25) is 10.0 Å². The van der Waals surface area contributed by atoms with Crippen molar-refractivity contribution in [3.05, 3.63) is 62.3 Å². The van der Waals surface area contributed by atoms with Crippen molar-refractivity contribution in [2.45, 2.75) is 18.4 Å². The molecular weight excluding hydrogens is 425 g/mol. The summed E-state index contributed by atoms with van der Waals surface area (Å²) in [5.74, 6) is -0.350. The Bertz CT molecular complexity index is 779. The van der Waals surface area contributed by atoms with Crippen molar-refractivity contribution in [2.24, 2.45) is 0 Å². The summed E-state index contributed by atoms with van der Waals surface area (Å²) in [4.78, 5) is 0.137. The zero-order valence-electron chi connectivity index (χ0n) is 11.0. The topological polar surface area (TPSA) is 46.2 Å². The van der Waals surface area contributed by atoms with Crippen LogP contribution in [0.5, 0.6) is 0 Å². The highest BCUT2D eigenvalue weighted by Gasteiger charge is 2.17. The third kappa shape index (κ3) is 4.12. The highest BCUT2D eigenvalue weighted by Crippen LogP contribution is 2.25. The highest BCUT2D eigenvalue weighted by atomic mass is 79.9. The molecule has 0 atom stereocenters. The van der Waals surface area contributed by atoms with E-state index in [0.29, 0.717) is 15.6 Å². The summed E-state index contributed by atoms with van der Waals surface area (Å²) in [5.41, 5.74) is 1.09. The minimum atomic E-state index is -3.67. The van der Waals surface area contributed by atoms with E-state index < -0.39 is 10.0 Å². The number of hydrogen-bond acceptors (Lipinski definition) is 2. The van der Waals surface area contributed by atoms with Gasteiger partial charge in [0.05, 0.1) is 4.90 Å². The van der Waals surface area contributed by atoms with E-state index in [0.717, 1.165) is 4.47 Å². The molecule has 0 aromatic heterocycles. The van der Waals surface area contributed by atoms with Gasteiger partial charge in [0.1, 0.15) is 5.82 Å². The summed E-state index contributed by atoms with van der Waals surface area (Å²) in [6, 6.07) is 9.43. The molecule has 2 aromatic carbocycles. The van der Waals surface area contributed by atoms with Crippen LogP contribution in [0.3, 0.4) is 0 Å². The fourth-order valence-corrected chi connectivity index (χ4v) is 4.46. The van der Waals surface area contributed by atoms with Crippen molar-refractivity contribution in [2.75, 3.05) is 0 Å². The average Bonchev–Trinajstić information content (AvgIpc) is 2.40. The van der Waals surface area contributed by atoms with E-state index in [-0.39, 0.29) is 17.3 Å². The number of halogens is 3. The molecule has 0 spiro atoms. The maximum atomic E-state index is 13.4. The summed E-state index contributed by atoms with van der Waals surface area (Å²) < 4.78 is 41.6. The highest BCUT2D eigenvalue weighted by molar-refractivity contribution is 9.11. The Morgan fingerprint density at radius 3 is 2.48 bits per heavy atom. The average molecular weight is 437 g/mol. The number of sulfonamides is 1. The van der Waals surface area contributed by atoms with Crippen LogP contribution in [0.4, 0.5) is 4.39 Å². The minimum absolute atomic E-state index is 0.0298. The van der Waals surface area contributed by atoms with Crippen molar-refractivity contribution in [1.82, 2.24) is 4.72 Å². The van der Waals surface area contributed by atoms with Crippen LogP contribution >= 0.6 is 31.9 Å². The van der Waals surface area contributed by atoms with E-state index in [1.165, 1.54) is 12.1 Å². The summed E-state index contributed by atoms with van der Waals surface area (Å²) >= 11 is 6.49. The van der Waals surface area contributed by atoms with Crippen LogP contribution < -0.4 is 4.72 Å². The molecule has 2 rings (SSSR count). The van der Waals surface area contributed by atoms with Gasteiger partial charge in [-0.05, 0) is 58.2 Å². The van der Waals surface area contributed by atoms with Crippen molar-refractivity contribution in [3.8, 4) is 0 Å². The van der Waals surface area contributed by atoms with Crippen molar-refractivity contribution in [3.63, 3.8) is 0 Å². The van der Waals surface area contributed by atoms with Crippen LogP contribution in [-0.2, 0) is 16.6 Å². The first-order valence-electron chi connectivity index (χ1n) is 5.99. The van der Waals surface area contributed by atoms with Gasteiger partial charge in [-0.2, -0.15) is 0 Å². The Kier molecular flexibility index (Phi) is 5.19. The predicted octanol–water partition coefficient (Wildman–Crippen LogP) is 4.14. The lowest BCUT2D eigenvalue weighted by Gasteiger charge is -2.09. The molecule has 21 heavy (non-hydrogen) atoms. The normalized spacial score (nSPS) is 11.6. The second-order valence-corrected chi connectivity index (χ2v) is 7.99. The van der Waals surface area contributed by atoms with Crippen LogP contribution in [0.25, 0.3) is 0 Å². The number of hydrogen-bond donors (Lipinski definition) is 1. The first-order chi connectivity index (χ1) is 9.79. The van der Waals surface area contributed by atoms with Crippen LogP contribution in [0.2, 0.25) is 0 Å². The molecule has 112 valence electrons. The van der Waals surface area contributed by atoms with Crippen LogP contribution in [-0.4, -0.2) is 8.42 Å². The first kappa shape index (κ1) is 16.6. The van der Waals surface area contributed by atoms with Gasteiger partial charge in [0, 0.05) is 15.5 Å². The van der Waals surface area contributed by atoms with Gasteiger partial charge in [-0.25, -0.2) is 17.5 Å². The molecule has 1 N–H and O–H groups in total. The fourth-order valence-electron chi connectivity index (χ4n) is 1.70. The quantitative estimate of drug-likeness (QED) is 0.782. The van der Waals surface area contributed by atoms with Gasteiger partial charge >= 0.3 is 0 Å². The Morgan fingerprint density at radius 2 is 1.86 bits per heavy atom. The van der Waals surface area contributed by atoms with Gasteiger partial charge < -0.3 is 0 Å². The summed E-state index contributed by atoms with van der Waals surface area (Å²) in [6.07, 6.45) is 0. The maximum absolute atomic E-state index is 13.4. The van der Waals surface area contributed by atoms with Crippen molar-refractivity contribution < 1.29 is 12.8 Å². The van der Waals surface area contributed by atoms with Crippen LogP contribution in [0.15, 0.2) is 50.2 Å². The number of nitrogens with one attached hydrogen (secondary N) is 1. The van der Waals surface area contributed by atoms with E-state index in [1.807, 2.05) is 0 Å². The molecule has 0 saturated carbocycles. The second-order valence-electron chi connectivity index (χ2n) is 4.48. The SMILES string of the molecule is Cc1ccc(CNS(=O)(=O)c2ccc(Br)cc2Br)cc1F. The van der Waals surface area contributed by atoms with Gasteiger partial charge in [0.25, 0.3) is 0 Å². The molecule has 0 bridgehead atoms. The molecule has 0 radical (unpaired) electrons. The molecule has 0 amide bonds. The molecule has 7 heteroatoms. The lowest BCUT2D eigenvalue weighted by atomic mass is 10.1. The predicted molar refractivity (Wildman–Crippen MR) is 87.0 cm³/mol. The minimum Gasteiger partial charge on any atom is -0.207 e. The van der Waals surface area contributed by atoms with E-state index in [4.69, 9.17) is 0 Å². The standard InChI is InChI=1S/C14H12Br2FNO2S/c1-9-2-3-10(6-13(9)17)8-18-21(19,20)14-5-4-11(15)7-12(14)16/h2-7,18H,8H2,1H3. The van der Waals surface area contributed by atoms with E-state index in [1.54, 1.807) is 31.2 Å². The van der Waals surface area contributed by atoms with Gasteiger partial charge in [-0.3, -0.25) is 0 Å². The number of rotatable bonds is 4. The Morgan fingerprint density at radius 1 is 1.14 bits per heavy atom. The second kappa shape index (κ2) is 6.56. The Hall–Kier alpha value is -0.760. The monoisotopic (exact) mass is 435 g/mol. The lowest BCUT2D eigenvalue weighted by Crippen LogP contribution is -2.23. The summed E-state index contributed by atoms with van der Waals surface area (Å²) in [5, 5.41) is 0. The number of aryl methyl sites for hydroxylation is 1. The zero-order chi connectivity index (χ0) is 15.6. The summed E-state index contributed by atoms with van der Waals surface area (Å²) in [7, 11) is -3.67. The van der Waals surface area contributed by atoms with E-state index in [9.17, 15) is 12.8 Å². The molecule has 0 aliphatic carbocycles. The Labute approximate surface area is 139 Å². The molecule has 0 saturated heterocycles. The molecule has 3 nitrogen and oxygen atoms in total. The van der Waals surface area contributed by atoms with Crippen molar-refractivity contribution in [1.29, 1.82) is 0 Å². The first-order valence-corrected chi connectivity index (χ1v) is 9.06. The zero-order valence-corrected chi connectivity index (χ0v) is 15.0. The maximum Gasteiger partial charge on any atom is 0.241 e. The smallest absolute Gasteiger partial charge is 0.207 e. The van der Waals surface area contributed by atoms with Crippen LogP contribution in [0.1, 0.15) is 11.1 Å². The summed E-state index contributed by atoms with van der Waals surface area (Å²) in [6.45, 7) is 1.68. The van der Waals surface area contributed by atoms with Crippen molar-refractivity contribution >= 4 is 41.9 Å². The van der Waals surface area contributed by atoms with Gasteiger partial charge in [-0.15, -0.1) is 0 Å². The van der Waals surface area contributed by atoms with Gasteiger partial charge in [0.15, 0.2) is 0 Å². The third-order valence-corrected chi connectivity index (χ3v) is 5.76. The third-order valence-electron chi connectivity index (χ3n) is 2.89. The largest absolute Gasteiger partial charge is 0.241 e. The van der Waals surface area contributed by atoms with Gasteiger partial charge in [-0.1, -0.05) is 28.1 Å². The number of benzene rings is 2. The lowest BCUT2D eigenvalue weighted by molar-refractivity contribution is 0.579. The molecule has 0 unspecified atom stereocenters.